The Morgan fingerprint density at radius 3 is 2.50 bits per heavy atom. The molecule has 1 nitrogen and oxygen atoms in total. The van der Waals surface area contributed by atoms with Gasteiger partial charge in [-0.3, -0.25) is 0 Å². The smallest absolute Gasteiger partial charge is 0.0844 e. The molecular formula is C9H16O. The van der Waals surface area contributed by atoms with Crippen LogP contribution >= 0.6 is 0 Å². The van der Waals surface area contributed by atoms with Crippen LogP contribution in [0.3, 0.4) is 0 Å². The molecule has 0 radical (unpaired) electrons. The molecule has 58 valence electrons. The summed E-state index contributed by atoms with van der Waals surface area (Å²) in [5, 5.41) is 9.18. The Morgan fingerprint density at radius 2 is 2.10 bits per heavy atom. The number of unbranched alkanes of at least 4 members (excludes halogenated alkanes) is 1. The van der Waals surface area contributed by atoms with Crippen molar-refractivity contribution in [1.29, 1.82) is 0 Å². The molecule has 10 heavy (non-hydrogen) atoms. The summed E-state index contributed by atoms with van der Waals surface area (Å²) in [6.07, 6.45) is 5.78. The van der Waals surface area contributed by atoms with Gasteiger partial charge in [0.25, 0.3) is 0 Å². The second kappa shape index (κ2) is 4.32. The van der Waals surface area contributed by atoms with Crippen molar-refractivity contribution in [3.8, 4) is 0 Å². The van der Waals surface area contributed by atoms with Gasteiger partial charge in [-0.15, -0.1) is 5.73 Å². The lowest BCUT2D eigenvalue weighted by atomic mass is 10.1. The van der Waals surface area contributed by atoms with E-state index in [-0.39, 0.29) is 0 Å². The fourth-order valence-corrected chi connectivity index (χ4v) is 0.491. The molecule has 0 rings (SSSR count). The minimum Gasteiger partial charge on any atom is -0.386 e. The fourth-order valence-electron chi connectivity index (χ4n) is 0.491. The highest BCUT2D eigenvalue weighted by atomic mass is 16.3. The minimum atomic E-state index is -0.718. The zero-order chi connectivity index (χ0) is 8.04. The molecule has 0 unspecified atom stereocenters. The SMILES string of the molecule is CCCC=C=CC(C)(C)O. The van der Waals surface area contributed by atoms with Gasteiger partial charge in [-0.1, -0.05) is 13.3 Å². The van der Waals surface area contributed by atoms with E-state index < -0.39 is 5.60 Å². The molecule has 0 heterocycles. The zero-order valence-electron chi connectivity index (χ0n) is 7.02. The average molecular weight is 140 g/mol. The van der Waals surface area contributed by atoms with Crippen molar-refractivity contribution in [3.05, 3.63) is 17.9 Å². The molecule has 0 bridgehead atoms. The van der Waals surface area contributed by atoms with Crippen molar-refractivity contribution in [1.82, 2.24) is 0 Å². The summed E-state index contributed by atoms with van der Waals surface area (Å²) in [5.74, 6) is 0. The third-order valence-corrected chi connectivity index (χ3v) is 0.987. The lowest BCUT2D eigenvalue weighted by Gasteiger charge is -2.07. The number of hydrogen-bond donors (Lipinski definition) is 1. The molecule has 0 aromatic heterocycles. The molecule has 1 N–H and O–H groups in total. The molecule has 0 atom stereocenters. The van der Waals surface area contributed by atoms with E-state index in [4.69, 9.17) is 0 Å². The van der Waals surface area contributed by atoms with Crippen molar-refractivity contribution in [2.24, 2.45) is 0 Å². The highest BCUT2D eigenvalue weighted by Crippen LogP contribution is 2.00. The normalized spacial score (nSPS) is 10.4. The van der Waals surface area contributed by atoms with E-state index in [0.29, 0.717) is 0 Å². The third-order valence-electron chi connectivity index (χ3n) is 0.987. The first-order valence-electron chi connectivity index (χ1n) is 3.70. The van der Waals surface area contributed by atoms with Crippen LogP contribution in [0.4, 0.5) is 0 Å². The van der Waals surface area contributed by atoms with Gasteiger partial charge >= 0.3 is 0 Å². The summed E-state index contributed by atoms with van der Waals surface area (Å²) >= 11 is 0. The monoisotopic (exact) mass is 140 g/mol. The minimum absolute atomic E-state index is 0.718. The van der Waals surface area contributed by atoms with E-state index in [9.17, 15) is 5.11 Å². The van der Waals surface area contributed by atoms with E-state index in [2.05, 4.69) is 12.7 Å². The largest absolute Gasteiger partial charge is 0.386 e. The maximum atomic E-state index is 9.18. The summed E-state index contributed by atoms with van der Waals surface area (Å²) in [6, 6.07) is 0. The first-order valence-corrected chi connectivity index (χ1v) is 3.70. The molecule has 0 fully saturated rings. The van der Waals surface area contributed by atoms with Gasteiger partial charge < -0.3 is 5.11 Å². The molecule has 0 amide bonds. The first-order chi connectivity index (χ1) is 4.56. The Morgan fingerprint density at radius 1 is 1.50 bits per heavy atom. The highest BCUT2D eigenvalue weighted by Gasteiger charge is 2.04. The Hall–Kier alpha value is -0.520. The number of rotatable bonds is 3. The molecular weight excluding hydrogens is 124 g/mol. The summed E-state index contributed by atoms with van der Waals surface area (Å²) in [4.78, 5) is 0. The highest BCUT2D eigenvalue weighted by molar-refractivity contribution is 4.95. The summed E-state index contributed by atoms with van der Waals surface area (Å²) in [6.45, 7) is 5.59. The van der Waals surface area contributed by atoms with E-state index in [1.807, 2.05) is 6.08 Å². The van der Waals surface area contributed by atoms with Crippen molar-refractivity contribution >= 4 is 0 Å². The average Bonchev–Trinajstić information content (AvgIpc) is 1.78. The van der Waals surface area contributed by atoms with Crippen LogP contribution in [0.2, 0.25) is 0 Å². The predicted molar refractivity (Wildman–Crippen MR) is 43.9 cm³/mol. The first kappa shape index (κ1) is 9.48. The molecule has 0 aromatic rings. The fraction of sp³-hybridized carbons (Fsp3) is 0.667. The van der Waals surface area contributed by atoms with Gasteiger partial charge in [-0.05, 0) is 32.4 Å². The van der Waals surface area contributed by atoms with Crippen LogP contribution in [-0.4, -0.2) is 10.7 Å². The standard InChI is InChI=1S/C9H16O/c1-4-5-6-7-8-9(2,3)10/h6,8,10H,4-5H2,1-3H3. The van der Waals surface area contributed by atoms with E-state index in [1.54, 1.807) is 19.9 Å². The van der Waals surface area contributed by atoms with E-state index in [0.717, 1.165) is 12.8 Å². The van der Waals surface area contributed by atoms with Gasteiger partial charge in [0, 0.05) is 0 Å². The van der Waals surface area contributed by atoms with Gasteiger partial charge in [0.05, 0.1) is 5.60 Å². The van der Waals surface area contributed by atoms with Crippen LogP contribution in [0, 0.1) is 0 Å². The topological polar surface area (TPSA) is 20.2 Å². The predicted octanol–water partition coefficient (Wildman–Crippen LogP) is 2.27. The molecule has 0 aliphatic rings. The Balaban J connectivity index is 3.74. The number of aliphatic hydroxyl groups is 1. The molecule has 0 spiro atoms. The van der Waals surface area contributed by atoms with Crippen LogP contribution in [0.15, 0.2) is 17.9 Å². The van der Waals surface area contributed by atoms with Gasteiger partial charge in [0.1, 0.15) is 0 Å². The second-order valence-corrected chi connectivity index (χ2v) is 2.96. The van der Waals surface area contributed by atoms with Crippen molar-refractivity contribution in [2.75, 3.05) is 0 Å². The van der Waals surface area contributed by atoms with Crippen LogP contribution in [0.25, 0.3) is 0 Å². The quantitative estimate of drug-likeness (QED) is 0.596. The number of hydrogen-bond acceptors (Lipinski definition) is 1. The van der Waals surface area contributed by atoms with Gasteiger partial charge in [-0.2, -0.15) is 0 Å². The van der Waals surface area contributed by atoms with Gasteiger partial charge in [0.15, 0.2) is 0 Å². The molecule has 0 saturated carbocycles. The maximum Gasteiger partial charge on any atom is 0.0844 e. The summed E-state index contributed by atoms with van der Waals surface area (Å²) in [7, 11) is 0. The summed E-state index contributed by atoms with van der Waals surface area (Å²) in [5.41, 5.74) is 2.21. The zero-order valence-corrected chi connectivity index (χ0v) is 7.02. The lowest BCUT2D eigenvalue weighted by Crippen LogP contribution is -2.12. The third kappa shape index (κ3) is 7.48. The van der Waals surface area contributed by atoms with Crippen LogP contribution < -0.4 is 0 Å². The van der Waals surface area contributed by atoms with Crippen LogP contribution in [0.5, 0.6) is 0 Å². The maximum absolute atomic E-state index is 9.18. The molecule has 0 aromatic carbocycles. The molecule has 0 saturated heterocycles. The van der Waals surface area contributed by atoms with E-state index >= 15 is 0 Å². The Bertz CT molecular complexity index is 133. The van der Waals surface area contributed by atoms with Crippen molar-refractivity contribution in [2.45, 2.75) is 39.2 Å². The Labute approximate surface area is 63.1 Å². The van der Waals surface area contributed by atoms with Crippen molar-refractivity contribution < 1.29 is 5.11 Å². The van der Waals surface area contributed by atoms with Gasteiger partial charge in [0.2, 0.25) is 0 Å². The van der Waals surface area contributed by atoms with Crippen LogP contribution in [0.1, 0.15) is 33.6 Å². The summed E-state index contributed by atoms with van der Waals surface area (Å²) < 4.78 is 0. The molecule has 0 aliphatic heterocycles. The lowest BCUT2D eigenvalue weighted by molar-refractivity contribution is 0.133. The molecule has 0 aliphatic carbocycles. The molecule has 1 heteroatoms. The second-order valence-electron chi connectivity index (χ2n) is 2.96. The van der Waals surface area contributed by atoms with Gasteiger partial charge in [-0.25, -0.2) is 0 Å². The van der Waals surface area contributed by atoms with E-state index in [1.165, 1.54) is 0 Å². The van der Waals surface area contributed by atoms with Crippen molar-refractivity contribution in [3.63, 3.8) is 0 Å². The van der Waals surface area contributed by atoms with Crippen LogP contribution in [-0.2, 0) is 0 Å². The Kier molecular flexibility index (Phi) is 4.10.